The van der Waals surface area contributed by atoms with E-state index in [-0.39, 0.29) is 11.9 Å². The number of rotatable bonds is 5. The Kier molecular flexibility index (Phi) is 4.90. The Balaban J connectivity index is 1.80. The van der Waals surface area contributed by atoms with E-state index in [0.717, 1.165) is 13.1 Å². The number of likely N-dealkylation sites (N-methyl/N-ethyl adjacent to an activating group) is 1. The van der Waals surface area contributed by atoms with Gasteiger partial charge in [-0.15, -0.1) is 0 Å². The van der Waals surface area contributed by atoms with Gasteiger partial charge in [-0.25, -0.2) is 0 Å². The molecule has 0 saturated carbocycles. The standard InChI is InChI=1S/C13H22N4O2/c1-11(17-7-4-3-5-8-17)13(18)16(2)9-6-12-14-10-19-15-12/h10-11H,3-9H2,1-2H3/t11-/m0/s1. The van der Waals surface area contributed by atoms with E-state index in [2.05, 4.69) is 19.6 Å². The molecule has 2 heterocycles. The van der Waals surface area contributed by atoms with Crippen LogP contribution in [0, 0.1) is 0 Å². The summed E-state index contributed by atoms with van der Waals surface area (Å²) in [6.07, 6.45) is 5.62. The highest BCUT2D eigenvalue weighted by atomic mass is 16.5. The molecule has 0 unspecified atom stereocenters. The maximum Gasteiger partial charge on any atom is 0.239 e. The van der Waals surface area contributed by atoms with Crippen molar-refractivity contribution in [2.75, 3.05) is 26.7 Å². The molecule has 2 rings (SSSR count). The molecule has 0 radical (unpaired) electrons. The van der Waals surface area contributed by atoms with Crippen LogP contribution in [0.1, 0.15) is 32.0 Å². The molecule has 0 spiro atoms. The Morgan fingerprint density at radius 1 is 1.47 bits per heavy atom. The largest absolute Gasteiger partial charge is 0.344 e. The van der Waals surface area contributed by atoms with Gasteiger partial charge in [0.1, 0.15) is 0 Å². The third-order valence-corrected chi connectivity index (χ3v) is 3.75. The molecule has 6 nitrogen and oxygen atoms in total. The molecule has 0 aliphatic carbocycles. The van der Waals surface area contributed by atoms with Crippen molar-refractivity contribution in [2.24, 2.45) is 0 Å². The lowest BCUT2D eigenvalue weighted by Gasteiger charge is -2.33. The summed E-state index contributed by atoms with van der Waals surface area (Å²) < 4.78 is 4.68. The predicted molar refractivity (Wildman–Crippen MR) is 70.5 cm³/mol. The summed E-state index contributed by atoms with van der Waals surface area (Å²) in [5.41, 5.74) is 0. The van der Waals surface area contributed by atoms with E-state index in [1.807, 2.05) is 14.0 Å². The fourth-order valence-corrected chi connectivity index (χ4v) is 2.46. The Bertz CT molecular complexity index is 387. The van der Waals surface area contributed by atoms with Crippen molar-refractivity contribution in [3.05, 3.63) is 12.2 Å². The molecule has 106 valence electrons. The maximum atomic E-state index is 12.3. The molecule has 1 aromatic rings. The van der Waals surface area contributed by atoms with Gasteiger partial charge in [-0.2, -0.15) is 4.98 Å². The van der Waals surface area contributed by atoms with Crippen molar-refractivity contribution < 1.29 is 9.32 Å². The SMILES string of the molecule is C[C@@H](C(=O)N(C)CCc1ncon1)N1CCCCC1. The van der Waals surface area contributed by atoms with Crippen molar-refractivity contribution in [2.45, 2.75) is 38.6 Å². The van der Waals surface area contributed by atoms with Crippen LogP contribution in [-0.4, -0.2) is 58.6 Å². The van der Waals surface area contributed by atoms with Gasteiger partial charge in [0.25, 0.3) is 0 Å². The quantitative estimate of drug-likeness (QED) is 0.794. The van der Waals surface area contributed by atoms with Gasteiger partial charge in [0.15, 0.2) is 5.82 Å². The Morgan fingerprint density at radius 2 is 2.21 bits per heavy atom. The molecular formula is C13H22N4O2. The van der Waals surface area contributed by atoms with Crippen molar-refractivity contribution in [1.29, 1.82) is 0 Å². The summed E-state index contributed by atoms with van der Waals surface area (Å²) in [6, 6.07) is -0.0319. The van der Waals surface area contributed by atoms with Gasteiger partial charge in [0, 0.05) is 20.0 Å². The second-order valence-corrected chi connectivity index (χ2v) is 5.13. The van der Waals surface area contributed by atoms with Gasteiger partial charge < -0.3 is 9.42 Å². The summed E-state index contributed by atoms with van der Waals surface area (Å²) >= 11 is 0. The molecule has 1 aliphatic heterocycles. The number of piperidine rings is 1. The van der Waals surface area contributed by atoms with Crippen LogP contribution in [0.5, 0.6) is 0 Å². The molecular weight excluding hydrogens is 244 g/mol. The maximum absolute atomic E-state index is 12.3. The molecule has 1 saturated heterocycles. The molecule has 0 aromatic carbocycles. The Morgan fingerprint density at radius 3 is 2.84 bits per heavy atom. The van der Waals surface area contributed by atoms with Gasteiger partial charge in [-0.3, -0.25) is 9.69 Å². The van der Waals surface area contributed by atoms with E-state index in [1.165, 1.54) is 25.7 Å². The van der Waals surface area contributed by atoms with Crippen LogP contribution >= 0.6 is 0 Å². The molecule has 1 amide bonds. The number of likely N-dealkylation sites (tertiary alicyclic amines) is 1. The minimum Gasteiger partial charge on any atom is -0.344 e. The minimum atomic E-state index is -0.0319. The first-order chi connectivity index (χ1) is 9.18. The topological polar surface area (TPSA) is 62.5 Å². The summed E-state index contributed by atoms with van der Waals surface area (Å²) in [5, 5.41) is 3.75. The van der Waals surface area contributed by atoms with E-state index < -0.39 is 0 Å². The second-order valence-electron chi connectivity index (χ2n) is 5.13. The first kappa shape index (κ1) is 14.0. The third kappa shape index (κ3) is 3.76. The van der Waals surface area contributed by atoms with Crippen LogP contribution in [0.2, 0.25) is 0 Å². The summed E-state index contributed by atoms with van der Waals surface area (Å²) in [7, 11) is 1.84. The van der Waals surface area contributed by atoms with Crippen molar-refractivity contribution in [1.82, 2.24) is 19.9 Å². The van der Waals surface area contributed by atoms with Crippen LogP contribution in [-0.2, 0) is 11.2 Å². The minimum absolute atomic E-state index is 0.0319. The first-order valence-electron chi connectivity index (χ1n) is 6.93. The van der Waals surface area contributed by atoms with Gasteiger partial charge >= 0.3 is 0 Å². The number of hydrogen-bond donors (Lipinski definition) is 0. The number of aromatic nitrogens is 2. The monoisotopic (exact) mass is 266 g/mol. The van der Waals surface area contributed by atoms with Gasteiger partial charge in [-0.05, 0) is 32.9 Å². The lowest BCUT2D eigenvalue weighted by Crippen LogP contribution is -2.48. The lowest BCUT2D eigenvalue weighted by atomic mass is 10.1. The van der Waals surface area contributed by atoms with Crippen LogP contribution < -0.4 is 0 Å². The number of carbonyl (C=O) groups is 1. The van der Waals surface area contributed by atoms with E-state index in [4.69, 9.17) is 0 Å². The van der Waals surface area contributed by atoms with Crippen LogP contribution in [0.4, 0.5) is 0 Å². The molecule has 19 heavy (non-hydrogen) atoms. The van der Waals surface area contributed by atoms with E-state index in [9.17, 15) is 4.79 Å². The normalized spacial score (nSPS) is 18.2. The highest BCUT2D eigenvalue weighted by Gasteiger charge is 2.25. The lowest BCUT2D eigenvalue weighted by molar-refractivity contribution is -0.135. The van der Waals surface area contributed by atoms with Gasteiger partial charge in [-0.1, -0.05) is 11.6 Å². The van der Waals surface area contributed by atoms with Gasteiger partial charge in [0.05, 0.1) is 6.04 Å². The number of nitrogens with zero attached hydrogens (tertiary/aromatic N) is 4. The molecule has 1 atom stereocenters. The summed E-state index contributed by atoms with van der Waals surface area (Å²) in [5.74, 6) is 0.815. The smallest absolute Gasteiger partial charge is 0.239 e. The molecule has 1 fully saturated rings. The zero-order chi connectivity index (χ0) is 13.7. The van der Waals surface area contributed by atoms with Crippen molar-refractivity contribution >= 4 is 5.91 Å². The zero-order valence-corrected chi connectivity index (χ0v) is 11.7. The third-order valence-electron chi connectivity index (χ3n) is 3.75. The molecule has 6 heteroatoms. The van der Waals surface area contributed by atoms with Crippen molar-refractivity contribution in [3.8, 4) is 0 Å². The van der Waals surface area contributed by atoms with Crippen LogP contribution in [0.25, 0.3) is 0 Å². The predicted octanol–water partition coefficient (Wildman–Crippen LogP) is 0.945. The molecule has 0 N–H and O–H groups in total. The van der Waals surface area contributed by atoms with E-state index >= 15 is 0 Å². The van der Waals surface area contributed by atoms with E-state index in [1.54, 1.807) is 4.90 Å². The average Bonchev–Trinajstić information content (AvgIpc) is 2.97. The Labute approximate surface area is 113 Å². The molecule has 1 aromatic heterocycles. The fourth-order valence-electron chi connectivity index (χ4n) is 2.46. The number of amides is 1. The zero-order valence-electron chi connectivity index (χ0n) is 11.7. The highest BCUT2D eigenvalue weighted by molar-refractivity contribution is 5.81. The number of carbonyl (C=O) groups excluding carboxylic acids is 1. The number of hydrogen-bond acceptors (Lipinski definition) is 5. The van der Waals surface area contributed by atoms with Crippen LogP contribution in [0.3, 0.4) is 0 Å². The van der Waals surface area contributed by atoms with Crippen molar-refractivity contribution in [3.63, 3.8) is 0 Å². The van der Waals surface area contributed by atoms with E-state index in [0.29, 0.717) is 18.8 Å². The molecule has 1 aliphatic rings. The second kappa shape index (κ2) is 6.65. The average molecular weight is 266 g/mol. The summed E-state index contributed by atoms with van der Waals surface area (Å²) in [4.78, 5) is 20.3. The highest BCUT2D eigenvalue weighted by Crippen LogP contribution is 2.13. The summed E-state index contributed by atoms with van der Waals surface area (Å²) in [6.45, 7) is 4.69. The Hall–Kier alpha value is -1.43. The van der Waals surface area contributed by atoms with Crippen LogP contribution in [0.15, 0.2) is 10.9 Å². The fraction of sp³-hybridized carbons (Fsp3) is 0.769. The molecule has 0 bridgehead atoms. The van der Waals surface area contributed by atoms with Gasteiger partial charge in [0.2, 0.25) is 12.3 Å². The first-order valence-corrected chi connectivity index (χ1v) is 6.93.